The molecule has 3 rings (SSSR count). The van der Waals surface area contributed by atoms with Gasteiger partial charge in [0.15, 0.2) is 0 Å². The Morgan fingerprint density at radius 1 is 1.24 bits per heavy atom. The van der Waals surface area contributed by atoms with Crippen molar-refractivity contribution < 1.29 is 14.4 Å². The van der Waals surface area contributed by atoms with Crippen LogP contribution in [0.1, 0.15) is 32.1 Å². The molecule has 0 unspecified atom stereocenters. The fraction of sp³-hybridized carbons (Fsp3) is 0.562. The van der Waals surface area contributed by atoms with Crippen LogP contribution in [0.4, 0.5) is 0 Å². The fourth-order valence-corrected chi connectivity index (χ4v) is 3.15. The molecule has 1 atom stereocenters. The van der Waals surface area contributed by atoms with Crippen molar-refractivity contribution in [2.75, 3.05) is 13.1 Å². The predicted molar refractivity (Wildman–Crippen MR) is 80.1 cm³/mol. The van der Waals surface area contributed by atoms with Gasteiger partial charge in [0.2, 0.25) is 0 Å². The van der Waals surface area contributed by atoms with E-state index in [2.05, 4.69) is 0 Å². The zero-order valence-corrected chi connectivity index (χ0v) is 12.7. The summed E-state index contributed by atoms with van der Waals surface area (Å²) in [5.74, 6) is 0.783. The molecule has 1 aromatic rings. The summed E-state index contributed by atoms with van der Waals surface area (Å²) >= 11 is 5.94. The van der Waals surface area contributed by atoms with Crippen LogP contribution in [0.25, 0.3) is 0 Å². The van der Waals surface area contributed by atoms with E-state index in [0.29, 0.717) is 11.6 Å². The predicted octanol–water partition coefficient (Wildman–Crippen LogP) is 3.44. The number of benzene rings is 1. The minimum Gasteiger partial charge on any atom is -0.489 e. The van der Waals surface area contributed by atoms with Crippen molar-refractivity contribution in [3.05, 3.63) is 29.3 Å². The maximum atomic E-state index is 12.0. The standard InChI is InChI=1S/C16H20ClNO3/c17-13-6-3-7-14(10-13)20-15-8-9-18(11-15)21-16(19)12-4-1-2-5-12/h3,6-7,10,12,15H,1-2,4-5,8-9,11H2/t15-/m1/s1. The third kappa shape index (κ3) is 3.89. The molecule has 5 heteroatoms. The van der Waals surface area contributed by atoms with Crippen molar-refractivity contribution >= 4 is 17.6 Å². The van der Waals surface area contributed by atoms with Crippen LogP contribution in [0.5, 0.6) is 5.75 Å². The molecular weight excluding hydrogens is 290 g/mol. The lowest BCUT2D eigenvalue weighted by atomic mass is 10.1. The van der Waals surface area contributed by atoms with E-state index in [1.54, 1.807) is 11.1 Å². The van der Waals surface area contributed by atoms with Crippen LogP contribution in [-0.2, 0) is 9.63 Å². The Balaban J connectivity index is 1.47. The third-order valence-corrected chi connectivity index (χ3v) is 4.35. The van der Waals surface area contributed by atoms with E-state index in [1.165, 1.54) is 0 Å². The summed E-state index contributed by atoms with van der Waals surface area (Å²) in [6, 6.07) is 7.37. The quantitative estimate of drug-likeness (QED) is 0.854. The van der Waals surface area contributed by atoms with Gasteiger partial charge in [-0.3, -0.25) is 4.79 Å². The van der Waals surface area contributed by atoms with Crippen LogP contribution in [0.3, 0.4) is 0 Å². The van der Waals surface area contributed by atoms with Gasteiger partial charge >= 0.3 is 5.97 Å². The summed E-state index contributed by atoms with van der Waals surface area (Å²) in [6.07, 6.45) is 5.11. The summed E-state index contributed by atoms with van der Waals surface area (Å²) in [4.78, 5) is 17.5. The van der Waals surface area contributed by atoms with Crippen LogP contribution in [0.2, 0.25) is 5.02 Å². The number of hydrogen-bond acceptors (Lipinski definition) is 4. The average molecular weight is 310 g/mol. The van der Waals surface area contributed by atoms with Crippen molar-refractivity contribution in [3.8, 4) is 5.75 Å². The molecular formula is C16H20ClNO3. The highest BCUT2D eigenvalue weighted by Crippen LogP contribution is 2.27. The lowest BCUT2D eigenvalue weighted by Gasteiger charge is -2.18. The Bertz CT molecular complexity index is 502. The van der Waals surface area contributed by atoms with Gasteiger partial charge in [-0.25, -0.2) is 0 Å². The van der Waals surface area contributed by atoms with Crippen molar-refractivity contribution in [2.45, 2.75) is 38.2 Å². The maximum Gasteiger partial charge on any atom is 0.328 e. The Morgan fingerprint density at radius 2 is 2.05 bits per heavy atom. The molecule has 21 heavy (non-hydrogen) atoms. The maximum absolute atomic E-state index is 12.0. The minimum atomic E-state index is -0.0732. The highest BCUT2D eigenvalue weighted by Gasteiger charge is 2.30. The lowest BCUT2D eigenvalue weighted by Crippen LogP contribution is -2.30. The number of ether oxygens (including phenoxy) is 1. The van der Waals surface area contributed by atoms with Crippen molar-refractivity contribution in [2.24, 2.45) is 5.92 Å². The van der Waals surface area contributed by atoms with E-state index in [0.717, 1.165) is 44.4 Å². The molecule has 114 valence electrons. The molecule has 0 amide bonds. The van der Waals surface area contributed by atoms with E-state index >= 15 is 0 Å². The Labute approximate surface area is 129 Å². The molecule has 2 aliphatic rings. The first-order valence-electron chi connectivity index (χ1n) is 7.60. The smallest absolute Gasteiger partial charge is 0.328 e. The van der Waals surface area contributed by atoms with Crippen molar-refractivity contribution in [1.29, 1.82) is 0 Å². The van der Waals surface area contributed by atoms with Crippen LogP contribution in [0, 0.1) is 5.92 Å². The number of nitrogens with zero attached hydrogens (tertiary/aromatic N) is 1. The summed E-state index contributed by atoms with van der Waals surface area (Å²) in [5, 5.41) is 2.39. The molecule has 0 aromatic heterocycles. The molecule has 0 bridgehead atoms. The summed E-state index contributed by atoms with van der Waals surface area (Å²) in [5.41, 5.74) is 0. The summed E-state index contributed by atoms with van der Waals surface area (Å²) in [6.45, 7) is 1.34. The SMILES string of the molecule is O=C(ON1CC[C@@H](Oc2cccc(Cl)c2)C1)C1CCCC1. The Morgan fingerprint density at radius 3 is 2.81 bits per heavy atom. The molecule has 0 N–H and O–H groups in total. The topological polar surface area (TPSA) is 38.8 Å². The lowest BCUT2D eigenvalue weighted by molar-refractivity contribution is -0.191. The molecule has 1 heterocycles. The van der Waals surface area contributed by atoms with Crippen molar-refractivity contribution in [1.82, 2.24) is 5.06 Å². The van der Waals surface area contributed by atoms with E-state index < -0.39 is 0 Å². The first-order chi connectivity index (χ1) is 10.2. The zero-order valence-electron chi connectivity index (χ0n) is 12.0. The van der Waals surface area contributed by atoms with Gasteiger partial charge in [0.25, 0.3) is 0 Å². The molecule has 4 nitrogen and oxygen atoms in total. The number of carbonyl (C=O) groups is 1. The molecule has 0 radical (unpaired) electrons. The molecule has 1 saturated carbocycles. The van der Waals surface area contributed by atoms with Gasteiger partial charge in [-0.15, -0.1) is 5.06 Å². The molecule has 1 aliphatic heterocycles. The fourth-order valence-electron chi connectivity index (χ4n) is 2.97. The molecule has 0 spiro atoms. The van der Waals surface area contributed by atoms with Gasteiger partial charge in [0.1, 0.15) is 11.9 Å². The zero-order chi connectivity index (χ0) is 14.7. The van der Waals surface area contributed by atoms with Gasteiger partial charge in [-0.1, -0.05) is 30.5 Å². The minimum absolute atomic E-state index is 0.0415. The van der Waals surface area contributed by atoms with Gasteiger partial charge in [-0.05, 0) is 31.0 Å². The summed E-state index contributed by atoms with van der Waals surface area (Å²) < 4.78 is 5.88. The van der Waals surface area contributed by atoms with Crippen LogP contribution < -0.4 is 4.74 Å². The van der Waals surface area contributed by atoms with Gasteiger partial charge in [0.05, 0.1) is 12.5 Å². The number of carbonyl (C=O) groups excluding carboxylic acids is 1. The average Bonchev–Trinajstić information content (AvgIpc) is 3.10. The first kappa shape index (κ1) is 14.7. The van der Waals surface area contributed by atoms with Gasteiger partial charge in [0, 0.05) is 18.0 Å². The van der Waals surface area contributed by atoms with E-state index in [9.17, 15) is 4.79 Å². The molecule has 1 aliphatic carbocycles. The first-order valence-corrected chi connectivity index (χ1v) is 7.97. The van der Waals surface area contributed by atoms with Gasteiger partial charge < -0.3 is 9.57 Å². The molecule has 1 saturated heterocycles. The van der Waals surface area contributed by atoms with Crippen molar-refractivity contribution in [3.63, 3.8) is 0 Å². The van der Waals surface area contributed by atoms with E-state index in [1.807, 2.05) is 18.2 Å². The monoisotopic (exact) mass is 309 g/mol. The second-order valence-corrected chi connectivity index (χ2v) is 6.20. The number of hydroxylamine groups is 2. The van der Waals surface area contributed by atoms with E-state index in [4.69, 9.17) is 21.2 Å². The van der Waals surface area contributed by atoms with E-state index in [-0.39, 0.29) is 18.0 Å². The number of rotatable bonds is 4. The Kier molecular flexibility index (Phi) is 4.66. The van der Waals surface area contributed by atoms with Crippen LogP contribution in [-0.4, -0.2) is 30.2 Å². The van der Waals surface area contributed by atoms with Crippen LogP contribution in [0.15, 0.2) is 24.3 Å². The normalized spacial score (nSPS) is 23.4. The largest absolute Gasteiger partial charge is 0.489 e. The Hall–Kier alpha value is -1.26. The number of hydrogen-bond donors (Lipinski definition) is 0. The molecule has 1 aromatic carbocycles. The van der Waals surface area contributed by atoms with Crippen LogP contribution >= 0.6 is 11.6 Å². The second-order valence-electron chi connectivity index (χ2n) is 5.77. The molecule has 2 fully saturated rings. The summed E-state index contributed by atoms with van der Waals surface area (Å²) in [7, 11) is 0. The number of halogens is 1. The second kappa shape index (κ2) is 6.67. The van der Waals surface area contributed by atoms with Gasteiger partial charge in [-0.2, -0.15) is 0 Å². The highest BCUT2D eigenvalue weighted by atomic mass is 35.5. The third-order valence-electron chi connectivity index (χ3n) is 4.11. The highest BCUT2D eigenvalue weighted by molar-refractivity contribution is 6.30.